The van der Waals surface area contributed by atoms with Gasteiger partial charge in [0.25, 0.3) is 0 Å². The Hall–Kier alpha value is -2.58. The van der Waals surface area contributed by atoms with Crippen LogP contribution in [-0.2, 0) is 26.2 Å². The third kappa shape index (κ3) is 8.85. The van der Waals surface area contributed by atoms with Crippen molar-refractivity contribution in [3.8, 4) is 0 Å². The van der Waals surface area contributed by atoms with Crippen LogP contribution in [0, 0.1) is 0 Å². The molecular weight excluding hydrogens is 486 g/mol. The Labute approximate surface area is 214 Å². The quantitative estimate of drug-likeness (QED) is 0.468. The van der Waals surface area contributed by atoms with Gasteiger partial charge in [0.15, 0.2) is 0 Å². The minimum absolute atomic E-state index is 0.0859. The fraction of sp³-hybridized carbons (Fsp3) is 0.462. The molecule has 0 bridgehead atoms. The summed E-state index contributed by atoms with van der Waals surface area (Å²) in [5, 5.41) is 3.49. The summed E-state index contributed by atoms with van der Waals surface area (Å²) in [7, 11) is -3.52. The van der Waals surface area contributed by atoms with Gasteiger partial charge in [0.1, 0.15) is 6.04 Å². The van der Waals surface area contributed by atoms with Crippen molar-refractivity contribution >= 4 is 39.1 Å². The van der Waals surface area contributed by atoms with Crippen LogP contribution in [0.1, 0.15) is 52.5 Å². The lowest BCUT2D eigenvalue weighted by Gasteiger charge is -2.33. The molecule has 0 saturated heterocycles. The minimum Gasteiger partial charge on any atom is -0.350 e. The van der Waals surface area contributed by atoms with Crippen molar-refractivity contribution in [2.75, 3.05) is 17.1 Å². The third-order valence-electron chi connectivity index (χ3n) is 5.38. The third-order valence-corrected chi connectivity index (χ3v) is 6.94. The Morgan fingerprint density at radius 2 is 1.63 bits per heavy atom. The van der Waals surface area contributed by atoms with Crippen LogP contribution in [0.3, 0.4) is 0 Å². The molecule has 1 atom stereocenters. The lowest BCUT2D eigenvalue weighted by molar-refractivity contribution is -0.142. The van der Waals surface area contributed by atoms with Gasteiger partial charge in [0.05, 0.1) is 11.9 Å². The number of anilines is 1. The maximum absolute atomic E-state index is 13.4. The molecule has 0 radical (unpaired) electrons. The van der Waals surface area contributed by atoms with E-state index in [-0.39, 0.29) is 31.3 Å². The first kappa shape index (κ1) is 28.7. The molecule has 35 heavy (non-hydrogen) atoms. The molecule has 0 aromatic heterocycles. The standard InChI is InChI=1S/C26H36ClN3O4S/c1-6-23(25(32)28-26(2,3)4)29(19-20-13-10-11-16-22(20)27)24(31)17-12-18-30(35(5,33)34)21-14-8-7-9-15-21/h7-11,13-16,23H,6,12,17-19H2,1-5H3,(H,28,32). The summed E-state index contributed by atoms with van der Waals surface area (Å²) in [6.07, 6.45) is 1.97. The van der Waals surface area contributed by atoms with Crippen LogP contribution in [-0.4, -0.2) is 49.5 Å². The Bertz CT molecular complexity index is 1100. The van der Waals surface area contributed by atoms with Crippen molar-refractivity contribution in [2.45, 2.75) is 65.1 Å². The van der Waals surface area contributed by atoms with Gasteiger partial charge in [-0.15, -0.1) is 0 Å². The number of nitrogens with zero attached hydrogens (tertiary/aromatic N) is 2. The molecular formula is C26H36ClN3O4S. The molecule has 0 aliphatic carbocycles. The van der Waals surface area contributed by atoms with Gasteiger partial charge in [0.2, 0.25) is 21.8 Å². The molecule has 1 unspecified atom stereocenters. The predicted molar refractivity (Wildman–Crippen MR) is 142 cm³/mol. The number of nitrogens with one attached hydrogen (secondary N) is 1. The molecule has 2 aromatic rings. The fourth-order valence-electron chi connectivity index (χ4n) is 3.78. The number of rotatable bonds is 11. The monoisotopic (exact) mass is 521 g/mol. The van der Waals surface area contributed by atoms with E-state index < -0.39 is 21.6 Å². The van der Waals surface area contributed by atoms with Crippen molar-refractivity contribution in [2.24, 2.45) is 0 Å². The van der Waals surface area contributed by atoms with Crippen molar-refractivity contribution in [3.05, 3.63) is 65.2 Å². The highest BCUT2D eigenvalue weighted by Gasteiger charge is 2.31. The van der Waals surface area contributed by atoms with Crippen molar-refractivity contribution < 1.29 is 18.0 Å². The lowest BCUT2D eigenvalue weighted by Crippen LogP contribution is -2.53. The minimum atomic E-state index is -3.52. The van der Waals surface area contributed by atoms with Gasteiger partial charge in [0, 0.05) is 30.1 Å². The molecule has 9 heteroatoms. The Morgan fingerprint density at radius 3 is 2.17 bits per heavy atom. The second-order valence-electron chi connectivity index (χ2n) is 9.55. The van der Waals surface area contributed by atoms with Crippen molar-refractivity contribution in [1.29, 1.82) is 0 Å². The van der Waals surface area contributed by atoms with Crippen LogP contribution in [0.15, 0.2) is 54.6 Å². The van der Waals surface area contributed by atoms with Crippen LogP contribution >= 0.6 is 11.6 Å². The van der Waals surface area contributed by atoms with Gasteiger partial charge >= 0.3 is 0 Å². The normalized spacial score (nSPS) is 12.6. The molecule has 0 aliphatic rings. The van der Waals surface area contributed by atoms with E-state index in [0.717, 1.165) is 11.8 Å². The average molecular weight is 522 g/mol. The van der Waals surface area contributed by atoms with Crippen molar-refractivity contribution in [1.82, 2.24) is 10.2 Å². The maximum atomic E-state index is 13.4. The molecule has 192 valence electrons. The van der Waals surface area contributed by atoms with E-state index in [1.807, 2.05) is 52.0 Å². The summed E-state index contributed by atoms with van der Waals surface area (Å²) in [6.45, 7) is 7.87. The Morgan fingerprint density at radius 1 is 1.03 bits per heavy atom. The van der Waals surface area contributed by atoms with E-state index in [1.165, 1.54) is 4.31 Å². The zero-order chi connectivity index (χ0) is 26.2. The van der Waals surface area contributed by atoms with E-state index in [0.29, 0.717) is 23.6 Å². The van der Waals surface area contributed by atoms with Gasteiger partial charge in [-0.3, -0.25) is 13.9 Å². The molecule has 1 N–H and O–H groups in total. The number of sulfonamides is 1. The molecule has 0 fully saturated rings. The number of amides is 2. The molecule has 0 saturated carbocycles. The number of halogens is 1. The van der Waals surface area contributed by atoms with E-state index in [2.05, 4.69) is 5.32 Å². The Balaban J connectivity index is 2.24. The van der Waals surface area contributed by atoms with Gasteiger partial charge in [-0.1, -0.05) is 54.9 Å². The number of benzene rings is 2. The Kier molecular flexibility index (Phi) is 10.2. The molecule has 0 aliphatic heterocycles. The predicted octanol–water partition coefficient (Wildman–Crippen LogP) is 4.61. The van der Waals surface area contributed by atoms with E-state index in [4.69, 9.17) is 11.6 Å². The first-order valence-electron chi connectivity index (χ1n) is 11.7. The largest absolute Gasteiger partial charge is 0.350 e. The highest BCUT2D eigenvalue weighted by Crippen LogP contribution is 2.22. The van der Waals surface area contributed by atoms with Crippen LogP contribution in [0.4, 0.5) is 5.69 Å². The lowest BCUT2D eigenvalue weighted by atomic mass is 10.0. The van der Waals surface area contributed by atoms with E-state index >= 15 is 0 Å². The SMILES string of the molecule is CCC(C(=O)NC(C)(C)C)N(Cc1ccccc1Cl)C(=O)CCCN(c1ccccc1)S(C)(=O)=O. The summed E-state index contributed by atoms with van der Waals surface area (Å²) >= 11 is 6.36. The number of hydrogen-bond donors (Lipinski definition) is 1. The number of hydrogen-bond acceptors (Lipinski definition) is 4. The van der Waals surface area contributed by atoms with Gasteiger partial charge < -0.3 is 10.2 Å². The highest BCUT2D eigenvalue weighted by molar-refractivity contribution is 7.92. The van der Waals surface area contributed by atoms with Gasteiger partial charge in [-0.05, 0) is 57.4 Å². The molecule has 2 aromatic carbocycles. The summed E-state index contributed by atoms with van der Waals surface area (Å²) in [4.78, 5) is 28.1. The van der Waals surface area contributed by atoms with Crippen LogP contribution in [0.2, 0.25) is 5.02 Å². The summed E-state index contributed by atoms with van der Waals surface area (Å²) < 4.78 is 26.0. The summed E-state index contributed by atoms with van der Waals surface area (Å²) in [5.41, 5.74) is 0.841. The number of carbonyl (C=O) groups excluding carboxylic acids is 2. The fourth-order valence-corrected chi connectivity index (χ4v) is 4.94. The van der Waals surface area contributed by atoms with E-state index in [9.17, 15) is 18.0 Å². The first-order valence-corrected chi connectivity index (χ1v) is 13.9. The molecule has 7 nitrogen and oxygen atoms in total. The van der Waals surface area contributed by atoms with Crippen molar-refractivity contribution in [3.63, 3.8) is 0 Å². The second kappa shape index (κ2) is 12.4. The topological polar surface area (TPSA) is 86.8 Å². The van der Waals surface area contributed by atoms with Crippen LogP contribution in [0.25, 0.3) is 0 Å². The summed E-state index contributed by atoms with van der Waals surface area (Å²) in [6, 6.07) is 15.3. The van der Waals surface area contributed by atoms with Gasteiger partial charge in [-0.25, -0.2) is 8.42 Å². The van der Waals surface area contributed by atoms with Crippen LogP contribution < -0.4 is 9.62 Å². The zero-order valence-electron chi connectivity index (χ0n) is 21.1. The summed E-state index contributed by atoms with van der Waals surface area (Å²) in [5.74, 6) is -0.468. The number of para-hydroxylation sites is 1. The molecule has 0 spiro atoms. The molecule has 2 amide bonds. The van der Waals surface area contributed by atoms with Gasteiger partial charge in [-0.2, -0.15) is 0 Å². The molecule has 0 heterocycles. The number of carbonyl (C=O) groups is 2. The first-order chi connectivity index (χ1) is 16.3. The second-order valence-corrected chi connectivity index (χ2v) is 11.9. The molecule has 2 rings (SSSR count). The zero-order valence-corrected chi connectivity index (χ0v) is 22.7. The van der Waals surface area contributed by atoms with Crippen LogP contribution in [0.5, 0.6) is 0 Å². The smallest absolute Gasteiger partial charge is 0.243 e. The maximum Gasteiger partial charge on any atom is 0.243 e. The van der Waals surface area contributed by atoms with E-state index in [1.54, 1.807) is 35.2 Å². The average Bonchev–Trinajstić information content (AvgIpc) is 2.76. The highest BCUT2D eigenvalue weighted by atomic mass is 35.5.